The van der Waals surface area contributed by atoms with Gasteiger partial charge in [0.25, 0.3) is 0 Å². The van der Waals surface area contributed by atoms with E-state index in [4.69, 9.17) is 0 Å². The van der Waals surface area contributed by atoms with Gasteiger partial charge in [0.1, 0.15) is 17.6 Å². The summed E-state index contributed by atoms with van der Waals surface area (Å²) in [6, 6.07) is 8.15. The van der Waals surface area contributed by atoms with Gasteiger partial charge in [0.15, 0.2) is 0 Å². The molecule has 6 nitrogen and oxygen atoms in total. The highest BCUT2D eigenvalue weighted by atomic mass is 19.1. The molecule has 2 aliphatic rings. The number of hydrogen-bond donors (Lipinski definition) is 0. The van der Waals surface area contributed by atoms with Crippen molar-refractivity contribution in [2.75, 3.05) is 19.6 Å². The number of Topliss-reactive ketones (excluding diaryl/α,β-unsaturated/α-hetero) is 1. The molecule has 1 aliphatic heterocycles. The first-order chi connectivity index (χ1) is 15.0. The maximum atomic E-state index is 13.0. The number of carbonyl (C=O) groups is 1. The van der Waals surface area contributed by atoms with Crippen LogP contribution < -0.4 is 0 Å². The molecule has 1 aromatic carbocycles. The third kappa shape index (κ3) is 4.51. The lowest BCUT2D eigenvalue weighted by molar-refractivity contribution is -0.123. The second kappa shape index (κ2) is 8.46. The van der Waals surface area contributed by atoms with Crippen LogP contribution in [0.3, 0.4) is 0 Å². The van der Waals surface area contributed by atoms with Crippen LogP contribution in [0.2, 0.25) is 0 Å². The molecule has 162 valence electrons. The van der Waals surface area contributed by atoms with E-state index < -0.39 is 6.17 Å². The van der Waals surface area contributed by atoms with Crippen molar-refractivity contribution in [3.8, 4) is 11.3 Å². The Labute approximate surface area is 181 Å². The molecule has 0 bridgehead atoms. The third-order valence-corrected chi connectivity index (χ3v) is 6.76. The first kappa shape index (κ1) is 20.2. The summed E-state index contributed by atoms with van der Waals surface area (Å²) in [5, 5.41) is 10.3. The molecule has 7 heteroatoms. The summed E-state index contributed by atoms with van der Waals surface area (Å²) in [6.45, 7) is 2.16. The Bertz CT molecular complexity index is 1080. The average molecular weight is 422 g/mol. The Morgan fingerprint density at radius 3 is 2.65 bits per heavy atom. The normalized spacial score (nSPS) is 22.5. The van der Waals surface area contributed by atoms with Crippen molar-refractivity contribution in [3.05, 3.63) is 42.4 Å². The Morgan fingerprint density at radius 2 is 1.94 bits per heavy atom. The van der Waals surface area contributed by atoms with Crippen LogP contribution in [0.1, 0.15) is 31.4 Å². The van der Waals surface area contributed by atoms with Gasteiger partial charge in [0.05, 0.1) is 6.20 Å². The molecule has 0 spiro atoms. The molecule has 0 amide bonds. The summed E-state index contributed by atoms with van der Waals surface area (Å²) >= 11 is 0. The van der Waals surface area contributed by atoms with Crippen LogP contribution in [0.25, 0.3) is 22.0 Å². The van der Waals surface area contributed by atoms with Gasteiger partial charge in [-0.05, 0) is 49.1 Å². The van der Waals surface area contributed by atoms with E-state index in [-0.39, 0.29) is 5.92 Å². The lowest BCUT2D eigenvalue weighted by Gasteiger charge is -2.38. The Morgan fingerprint density at radius 1 is 1.13 bits per heavy atom. The maximum Gasteiger partial charge on any atom is 0.141 e. The van der Waals surface area contributed by atoms with Gasteiger partial charge in [0, 0.05) is 61.9 Å². The number of carbonyl (C=O) groups excluding carboxylic acids is 1. The maximum absolute atomic E-state index is 13.0. The number of likely N-dealkylation sites (tertiary alicyclic amines) is 1. The first-order valence-electron chi connectivity index (χ1n) is 11.2. The van der Waals surface area contributed by atoms with Gasteiger partial charge in [-0.25, -0.2) is 4.39 Å². The smallest absolute Gasteiger partial charge is 0.141 e. The number of benzene rings is 1. The van der Waals surface area contributed by atoms with Crippen molar-refractivity contribution >= 4 is 16.6 Å². The topological polar surface area (TPSA) is 63.9 Å². The molecule has 0 atom stereocenters. The Kier molecular flexibility index (Phi) is 5.52. The summed E-state index contributed by atoms with van der Waals surface area (Å²) in [4.78, 5) is 19.6. The number of alkyl halides is 1. The standard InChI is InChI=1S/C24H28FN5O/c1-29-15-23(27-28-29)18-6-7-19-11-26-22(9-20(19)8-18)10-24(31)17-4-2-16(3-5-17)12-30-13-21(25)14-30/h6-9,11,15-17,21H,2-5,10,12-14H2,1H3. The molecule has 1 saturated carbocycles. The molecule has 1 aliphatic carbocycles. The van der Waals surface area contributed by atoms with Crippen molar-refractivity contribution in [2.24, 2.45) is 18.9 Å². The van der Waals surface area contributed by atoms with Crippen LogP contribution in [-0.2, 0) is 18.3 Å². The van der Waals surface area contributed by atoms with Gasteiger partial charge < -0.3 is 0 Å². The lowest BCUT2D eigenvalue weighted by atomic mass is 9.78. The highest BCUT2D eigenvalue weighted by Crippen LogP contribution is 2.32. The average Bonchev–Trinajstić information content (AvgIpc) is 3.19. The summed E-state index contributed by atoms with van der Waals surface area (Å²) in [7, 11) is 1.85. The van der Waals surface area contributed by atoms with Crippen molar-refractivity contribution in [2.45, 2.75) is 38.3 Å². The molecule has 3 aromatic rings. The highest BCUT2D eigenvalue weighted by molar-refractivity contribution is 5.88. The second-order valence-electron chi connectivity index (χ2n) is 9.19. The predicted molar refractivity (Wildman–Crippen MR) is 117 cm³/mol. The zero-order valence-corrected chi connectivity index (χ0v) is 17.9. The van der Waals surface area contributed by atoms with Gasteiger partial charge in [-0.2, -0.15) is 0 Å². The van der Waals surface area contributed by atoms with E-state index in [1.165, 1.54) is 0 Å². The van der Waals surface area contributed by atoms with Crippen molar-refractivity contribution in [3.63, 3.8) is 0 Å². The first-order valence-corrected chi connectivity index (χ1v) is 11.2. The Hall–Kier alpha value is -2.67. The molecule has 3 heterocycles. The van der Waals surface area contributed by atoms with Crippen LogP contribution in [0.4, 0.5) is 4.39 Å². The van der Waals surface area contributed by atoms with E-state index in [9.17, 15) is 9.18 Å². The minimum Gasteiger partial charge on any atom is -0.299 e. The molecular weight excluding hydrogens is 393 g/mol. The zero-order valence-electron chi connectivity index (χ0n) is 17.9. The van der Waals surface area contributed by atoms with Crippen molar-refractivity contribution in [1.29, 1.82) is 0 Å². The van der Waals surface area contributed by atoms with Gasteiger partial charge in [-0.1, -0.05) is 17.3 Å². The van der Waals surface area contributed by atoms with Crippen molar-refractivity contribution < 1.29 is 9.18 Å². The summed E-state index contributed by atoms with van der Waals surface area (Å²) in [6.07, 6.45) is 7.51. The monoisotopic (exact) mass is 421 g/mol. The largest absolute Gasteiger partial charge is 0.299 e. The van der Waals surface area contributed by atoms with E-state index >= 15 is 0 Å². The molecule has 0 N–H and O–H groups in total. The van der Waals surface area contributed by atoms with E-state index in [2.05, 4.69) is 26.3 Å². The highest BCUT2D eigenvalue weighted by Gasteiger charge is 2.31. The number of fused-ring (bicyclic) bond motifs is 1. The van der Waals surface area contributed by atoms with E-state index in [0.717, 1.165) is 60.0 Å². The SMILES string of the molecule is Cn1cc(-c2ccc3cnc(CC(=O)C4CCC(CN5CC(F)C5)CC4)cc3c2)nn1. The van der Waals surface area contributed by atoms with Gasteiger partial charge in [-0.15, -0.1) is 5.10 Å². The lowest BCUT2D eigenvalue weighted by Crippen LogP contribution is -2.50. The molecular formula is C24H28FN5O. The van der Waals surface area contributed by atoms with Gasteiger partial charge in [0.2, 0.25) is 0 Å². The fourth-order valence-electron chi connectivity index (χ4n) is 4.93. The number of ketones is 1. The van der Waals surface area contributed by atoms with E-state index in [1.807, 2.05) is 37.6 Å². The fourth-order valence-corrected chi connectivity index (χ4v) is 4.93. The minimum atomic E-state index is -0.635. The Balaban J connectivity index is 1.21. The van der Waals surface area contributed by atoms with E-state index in [1.54, 1.807) is 4.68 Å². The van der Waals surface area contributed by atoms with Gasteiger partial charge in [-0.3, -0.25) is 19.4 Å². The van der Waals surface area contributed by atoms with Crippen LogP contribution >= 0.6 is 0 Å². The number of hydrogen-bond acceptors (Lipinski definition) is 5. The number of nitrogens with zero attached hydrogens (tertiary/aromatic N) is 5. The molecule has 0 radical (unpaired) electrons. The molecule has 2 aromatic heterocycles. The summed E-state index contributed by atoms with van der Waals surface area (Å²) < 4.78 is 14.7. The van der Waals surface area contributed by atoms with Crippen LogP contribution in [0, 0.1) is 11.8 Å². The van der Waals surface area contributed by atoms with Gasteiger partial charge >= 0.3 is 0 Å². The van der Waals surface area contributed by atoms with E-state index in [0.29, 0.717) is 31.2 Å². The number of halogens is 1. The second-order valence-corrected chi connectivity index (χ2v) is 9.19. The summed E-state index contributed by atoms with van der Waals surface area (Å²) in [5.74, 6) is 1.03. The van der Waals surface area contributed by atoms with Crippen LogP contribution in [0.15, 0.2) is 36.7 Å². The minimum absolute atomic E-state index is 0.130. The molecule has 1 saturated heterocycles. The molecule has 31 heavy (non-hydrogen) atoms. The number of rotatable bonds is 6. The van der Waals surface area contributed by atoms with Crippen LogP contribution in [0.5, 0.6) is 0 Å². The third-order valence-electron chi connectivity index (χ3n) is 6.76. The quantitative estimate of drug-likeness (QED) is 0.609. The van der Waals surface area contributed by atoms with Crippen LogP contribution in [-0.4, -0.2) is 56.5 Å². The van der Waals surface area contributed by atoms with Crippen molar-refractivity contribution in [1.82, 2.24) is 24.9 Å². The summed E-state index contributed by atoms with van der Waals surface area (Å²) in [5.41, 5.74) is 2.66. The molecule has 2 fully saturated rings. The zero-order chi connectivity index (χ0) is 21.4. The molecule has 0 unspecified atom stereocenters. The molecule has 5 rings (SSSR count). The number of pyridine rings is 1. The number of aromatic nitrogens is 4. The fraction of sp³-hybridized carbons (Fsp3) is 0.500. The number of aryl methyl sites for hydroxylation is 1. The predicted octanol–water partition coefficient (Wildman–Crippen LogP) is 3.60.